The Hall–Kier alpha value is -1.49. The first-order valence-electron chi connectivity index (χ1n) is 5.82. The number of fused-ring (bicyclic) bond motifs is 1. The molecule has 0 unspecified atom stereocenters. The Labute approximate surface area is 110 Å². The largest absolute Gasteiger partial charge is 0.480 e. The Balaban J connectivity index is 2.15. The predicted octanol–water partition coefficient (Wildman–Crippen LogP) is 1.61. The average Bonchev–Trinajstić information content (AvgIpc) is 2.37. The van der Waals surface area contributed by atoms with Gasteiger partial charge in [0, 0.05) is 0 Å². The lowest BCUT2D eigenvalue weighted by atomic mass is 10.0. The van der Waals surface area contributed by atoms with E-state index in [2.05, 4.69) is 5.32 Å². The summed E-state index contributed by atoms with van der Waals surface area (Å²) in [5.41, 5.74) is 2.18. The second-order valence-electron chi connectivity index (χ2n) is 4.27. The number of carboxylic acid groups (broad SMARTS) is 1. The average molecular weight is 265 g/mol. The number of hydrogen-bond acceptors (Lipinski definition) is 3. The molecule has 1 aliphatic rings. The molecule has 0 saturated carbocycles. The highest BCUT2D eigenvalue weighted by molar-refractivity contribution is 8.00. The van der Waals surface area contributed by atoms with Gasteiger partial charge in [0.1, 0.15) is 11.3 Å². The summed E-state index contributed by atoms with van der Waals surface area (Å²) < 4.78 is 0. The van der Waals surface area contributed by atoms with Crippen LogP contribution in [-0.2, 0) is 16.0 Å². The maximum Gasteiger partial charge on any atom is 0.325 e. The first-order valence-corrected chi connectivity index (χ1v) is 6.87. The molecule has 0 bridgehead atoms. The van der Waals surface area contributed by atoms with Gasteiger partial charge < -0.3 is 10.4 Å². The maximum atomic E-state index is 12.1. The van der Waals surface area contributed by atoms with Gasteiger partial charge in [-0.25, -0.2) is 0 Å². The van der Waals surface area contributed by atoms with Crippen LogP contribution in [0.3, 0.4) is 0 Å². The van der Waals surface area contributed by atoms with Gasteiger partial charge in [0.2, 0.25) is 5.91 Å². The van der Waals surface area contributed by atoms with E-state index in [9.17, 15) is 9.59 Å². The molecule has 0 aliphatic carbocycles. The Bertz CT molecular complexity index is 475. The van der Waals surface area contributed by atoms with Gasteiger partial charge in [-0.1, -0.05) is 24.3 Å². The minimum Gasteiger partial charge on any atom is -0.480 e. The highest BCUT2D eigenvalue weighted by Gasteiger charge is 2.28. The number of benzene rings is 1. The minimum absolute atomic E-state index is 0.220. The lowest BCUT2D eigenvalue weighted by Gasteiger charge is -2.25. The molecular formula is C13H15NO3S. The number of rotatable bonds is 3. The van der Waals surface area contributed by atoms with Crippen LogP contribution in [0, 0.1) is 0 Å². The number of nitrogens with one attached hydrogen (secondary N) is 1. The normalized spacial score (nSPS) is 19.7. The molecule has 1 aromatic carbocycles. The molecule has 0 radical (unpaired) electrons. The van der Waals surface area contributed by atoms with Crippen molar-refractivity contribution in [3.05, 3.63) is 35.4 Å². The quantitative estimate of drug-likeness (QED) is 0.871. The molecule has 1 aromatic rings. The number of hydrogen-bond donors (Lipinski definition) is 2. The monoisotopic (exact) mass is 265 g/mol. The lowest BCUT2D eigenvalue weighted by molar-refractivity contribution is -0.141. The predicted molar refractivity (Wildman–Crippen MR) is 70.6 cm³/mol. The molecule has 0 aromatic heterocycles. The second kappa shape index (κ2) is 5.44. The first kappa shape index (κ1) is 13.0. The summed E-state index contributed by atoms with van der Waals surface area (Å²) in [5, 5.41) is 11.0. The van der Waals surface area contributed by atoms with E-state index in [0.717, 1.165) is 17.7 Å². The van der Waals surface area contributed by atoms with Crippen molar-refractivity contribution in [3.8, 4) is 0 Å². The van der Waals surface area contributed by atoms with Crippen LogP contribution in [-0.4, -0.2) is 28.8 Å². The van der Waals surface area contributed by atoms with E-state index in [1.54, 1.807) is 11.8 Å². The van der Waals surface area contributed by atoms with Gasteiger partial charge >= 0.3 is 5.97 Å². The van der Waals surface area contributed by atoms with E-state index >= 15 is 0 Å². The summed E-state index contributed by atoms with van der Waals surface area (Å²) >= 11 is 1.56. The standard InChI is InChI=1S/C13H15NO3S/c1-8(13(16)17)14-12(15)11-10-5-3-2-4-9(10)6-7-18-11/h2-5,8,11H,6-7H2,1H3,(H,14,15)(H,16,17)/t8-,11-/m0/s1. The topological polar surface area (TPSA) is 66.4 Å². The van der Waals surface area contributed by atoms with Crippen LogP contribution in [0.15, 0.2) is 24.3 Å². The van der Waals surface area contributed by atoms with Crippen molar-refractivity contribution in [2.45, 2.75) is 24.6 Å². The van der Waals surface area contributed by atoms with E-state index in [0.29, 0.717) is 0 Å². The molecular weight excluding hydrogens is 250 g/mol. The zero-order chi connectivity index (χ0) is 13.1. The smallest absolute Gasteiger partial charge is 0.325 e. The first-order chi connectivity index (χ1) is 8.59. The maximum absolute atomic E-state index is 12.1. The van der Waals surface area contributed by atoms with Crippen LogP contribution in [0.25, 0.3) is 0 Å². The summed E-state index contributed by atoms with van der Waals surface area (Å²) in [6.45, 7) is 1.47. The van der Waals surface area contributed by atoms with Gasteiger partial charge in [0.25, 0.3) is 0 Å². The van der Waals surface area contributed by atoms with E-state index in [4.69, 9.17) is 5.11 Å². The fraction of sp³-hybridized carbons (Fsp3) is 0.385. The van der Waals surface area contributed by atoms with E-state index in [-0.39, 0.29) is 11.2 Å². The van der Waals surface area contributed by atoms with Crippen molar-refractivity contribution >= 4 is 23.6 Å². The molecule has 0 saturated heterocycles. The van der Waals surface area contributed by atoms with Crippen molar-refractivity contribution in [1.29, 1.82) is 0 Å². The number of carbonyl (C=O) groups excluding carboxylic acids is 1. The van der Waals surface area contributed by atoms with E-state index < -0.39 is 12.0 Å². The highest BCUT2D eigenvalue weighted by Crippen LogP contribution is 2.36. The summed E-state index contributed by atoms with van der Waals surface area (Å²) in [6.07, 6.45) is 0.957. The lowest BCUT2D eigenvalue weighted by Crippen LogP contribution is -2.41. The zero-order valence-electron chi connectivity index (χ0n) is 10.1. The van der Waals surface area contributed by atoms with E-state index in [1.165, 1.54) is 12.5 Å². The number of amides is 1. The summed E-state index contributed by atoms with van der Waals surface area (Å²) in [6, 6.07) is 6.98. The SMILES string of the molecule is C[C@H](NC(=O)[C@H]1SCCc2ccccc21)C(=O)O. The molecule has 2 rings (SSSR count). The zero-order valence-corrected chi connectivity index (χ0v) is 10.9. The molecule has 2 N–H and O–H groups in total. The summed E-state index contributed by atoms with van der Waals surface area (Å²) in [5.74, 6) is -0.351. The van der Waals surface area contributed by atoms with Gasteiger partial charge in [-0.2, -0.15) is 0 Å². The molecule has 4 nitrogen and oxygen atoms in total. The molecule has 5 heteroatoms. The van der Waals surface area contributed by atoms with Crippen molar-refractivity contribution in [3.63, 3.8) is 0 Å². The fourth-order valence-corrected chi connectivity index (χ4v) is 3.16. The molecule has 2 atom stereocenters. The van der Waals surface area contributed by atoms with Gasteiger partial charge in [-0.15, -0.1) is 11.8 Å². The van der Waals surface area contributed by atoms with Gasteiger partial charge in [0.15, 0.2) is 0 Å². The van der Waals surface area contributed by atoms with Crippen LogP contribution >= 0.6 is 11.8 Å². The number of carbonyl (C=O) groups is 2. The summed E-state index contributed by atoms with van der Waals surface area (Å²) in [7, 11) is 0. The fourth-order valence-electron chi connectivity index (χ4n) is 1.96. The Kier molecular flexibility index (Phi) is 3.91. The Morgan fingerprint density at radius 2 is 2.17 bits per heavy atom. The summed E-state index contributed by atoms with van der Waals surface area (Å²) in [4.78, 5) is 22.8. The van der Waals surface area contributed by atoms with Gasteiger partial charge in [0.05, 0.1) is 0 Å². The number of aliphatic carboxylic acids is 1. The molecule has 1 heterocycles. The van der Waals surface area contributed by atoms with Crippen LogP contribution in [0.2, 0.25) is 0 Å². The Morgan fingerprint density at radius 1 is 1.44 bits per heavy atom. The van der Waals surface area contributed by atoms with Gasteiger partial charge in [-0.3, -0.25) is 9.59 Å². The number of carboxylic acids is 1. The number of thioether (sulfide) groups is 1. The van der Waals surface area contributed by atoms with Crippen molar-refractivity contribution in [2.75, 3.05) is 5.75 Å². The second-order valence-corrected chi connectivity index (χ2v) is 5.48. The van der Waals surface area contributed by atoms with E-state index in [1.807, 2.05) is 24.3 Å². The van der Waals surface area contributed by atoms with Crippen molar-refractivity contribution in [1.82, 2.24) is 5.32 Å². The van der Waals surface area contributed by atoms with Crippen LogP contribution in [0.4, 0.5) is 0 Å². The molecule has 1 aliphatic heterocycles. The van der Waals surface area contributed by atoms with Crippen LogP contribution in [0.1, 0.15) is 23.3 Å². The van der Waals surface area contributed by atoms with Crippen LogP contribution in [0.5, 0.6) is 0 Å². The third-order valence-electron chi connectivity index (χ3n) is 2.96. The van der Waals surface area contributed by atoms with Crippen molar-refractivity contribution < 1.29 is 14.7 Å². The molecule has 96 valence electrons. The van der Waals surface area contributed by atoms with Crippen LogP contribution < -0.4 is 5.32 Å². The third-order valence-corrected chi connectivity index (χ3v) is 4.20. The minimum atomic E-state index is -1.02. The molecule has 0 spiro atoms. The van der Waals surface area contributed by atoms with Crippen molar-refractivity contribution in [2.24, 2.45) is 0 Å². The third kappa shape index (κ3) is 2.67. The molecule has 0 fully saturated rings. The van der Waals surface area contributed by atoms with Gasteiger partial charge in [-0.05, 0) is 30.2 Å². The Morgan fingerprint density at radius 3 is 2.89 bits per heavy atom. The number of aryl methyl sites for hydroxylation is 1. The highest BCUT2D eigenvalue weighted by atomic mass is 32.2. The molecule has 1 amide bonds. The molecule has 18 heavy (non-hydrogen) atoms.